The standard InChI is InChI=1S/C16H17NO2S2/c18-15-12-21-16(13-5-2-1-3-6-13)17(15)8-10-20-11-14-7-4-9-19-14/h1-7,9,16H,8,10-12H2. The lowest BCUT2D eigenvalue weighted by molar-refractivity contribution is -0.127. The Labute approximate surface area is 133 Å². The van der Waals surface area contributed by atoms with Crippen LogP contribution in [0.15, 0.2) is 53.1 Å². The summed E-state index contributed by atoms with van der Waals surface area (Å²) in [5, 5.41) is 0.169. The van der Waals surface area contributed by atoms with E-state index in [0.717, 1.165) is 23.8 Å². The summed E-state index contributed by atoms with van der Waals surface area (Å²) in [5.41, 5.74) is 1.21. The summed E-state index contributed by atoms with van der Waals surface area (Å²) >= 11 is 3.52. The molecule has 1 unspecified atom stereocenters. The Morgan fingerprint density at radius 2 is 2.10 bits per heavy atom. The van der Waals surface area contributed by atoms with Crippen LogP contribution in [-0.2, 0) is 10.5 Å². The molecular formula is C16H17NO2S2. The molecule has 3 rings (SSSR count). The molecule has 1 saturated heterocycles. The van der Waals surface area contributed by atoms with Crippen LogP contribution in [0, 0.1) is 0 Å². The Balaban J connectivity index is 1.54. The average Bonchev–Trinajstić information content (AvgIpc) is 3.15. The molecule has 0 saturated carbocycles. The van der Waals surface area contributed by atoms with Crippen molar-refractivity contribution in [2.45, 2.75) is 11.1 Å². The zero-order valence-corrected chi connectivity index (χ0v) is 13.2. The van der Waals surface area contributed by atoms with E-state index in [1.165, 1.54) is 5.56 Å². The van der Waals surface area contributed by atoms with Gasteiger partial charge in [0, 0.05) is 12.3 Å². The number of rotatable bonds is 6. The minimum Gasteiger partial charge on any atom is -0.468 e. The van der Waals surface area contributed by atoms with Crippen molar-refractivity contribution in [1.29, 1.82) is 0 Å². The highest BCUT2D eigenvalue weighted by Gasteiger charge is 2.32. The van der Waals surface area contributed by atoms with Gasteiger partial charge in [0.2, 0.25) is 5.91 Å². The molecule has 1 aliphatic rings. The Morgan fingerprint density at radius 3 is 2.86 bits per heavy atom. The van der Waals surface area contributed by atoms with Crippen LogP contribution in [0.4, 0.5) is 0 Å². The van der Waals surface area contributed by atoms with Gasteiger partial charge in [0.05, 0.1) is 17.8 Å². The Morgan fingerprint density at radius 1 is 1.24 bits per heavy atom. The largest absolute Gasteiger partial charge is 0.468 e. The molecule has 1 fully saturated rings. The number of hydrogen-bond acceptors (Lipinski definition) is 4. The van der Waals surface area contributed by atoms with Gasteiger partial charge >= 0.3 is 0 Å². The van der Waals surface area contributed by atoms with Gasteiger partial charge in [0.1, 0.15) is 11.1 Å². The van der Waals surface area contributed by atoms with Crippen molar-refractivity contribution in [2.24, 2.45) is 0 Å². The van der Waals surface area contributed by atoms with E-state index in [9.17, 15) is 4.79 Å². The van der Waals surface area contributed by atoms with Gasteiger partial charge in [-0.3, -0.25) is 4.79 Å². The topological polar surface area (TPSA) is 33.5 Å². The van der Waals surface area contributed by atoms with Gasteiger partial charge in [-0.1, -0.05) is 30.3 Å². The van der Waals surface area contributed by atoms with Crippen LogP contribution in [0.5, 0.6) is 0 Å². The molecule has 2 aromatic rings. The van der Waals surface area contributed by atoms with Crippen molar-refractivity contribution in [3.8, 4) is 0 Å². The molecule has 21 heavy (non-hydrogen) atoms. The van der Waals surface area contributed by atoms with Crippen LogP contribution in [0.1, 0.15) is 16.7 Å². The molecule has 2 heterocycles. The molecule has 1 atom stereocenters. The maximum absolute atomic E-state index is 12.1. The first kappa shape index (κ1) is 14.6. The maximum atomic E-state index is 12.1. The lowest BCUT2D eigenvalue weighted by Crippen LogP contribution is -2.30. The first-order chi connectivity index (χ1) is 10.3. The molecule has 0 N–H and O–H groups in total. The zero-order chi connectivity index (χ0) is 14.5. The third-order valence-corrected chi connectivity index (χ3v) is 5.57. The molecule has 1 aromatic carbocycles. The number of carbonyl (C=O) groups excluding carboxylic acids is 1. The lowest BCUT2D eigenvalue weighted by atomic mass is 10.2. The number of amides is 1. The molecule has 110 valence electrons. The van der Waals surface area contributed by atoms with Crippen LogP contribution in [-0.4, -0.2) is 28.9 Å². The monoisotopic (exact) mass is 319 g/mol. The van der Waals surface area contributed by atoms with Crippen LogP contribution in [0.25, 0.3) is 0 Å². The van der Waals surface area contributed by atoms with Gasteiger partial charge in [0.25, 0.3) is 0 Å². The normalized spacial score (nSPS) is 18.4. The summed E-state index contributed by atoms with van der Waals surface area (Å²) < 4.78 is 5.31. The summed E-state index contributed by atoms with van der Waals surface area (Å²) in [6.45, 7) is 0.788. The number of hydrogen-bond donors (Lipinski definition) is 0. The minimum atomic E-state index is 0.169. The van der Waals surface area contributed by atoms with Crippen molar-refractivity contribution < 1.29 is 9.21 Å². The van der Waals surface area contributed by atoms with Crippen LogP contribution < -0.4 is 0 Å². The fraction of sp³-hybridized carbons (Fsp3) is 0.312. The minimum absolute atomic E-state index is 0.169. The van der Waals surface area contributed by atoms with E-state index in [1.807, 2.05) is 35.2 Å². The van der Waals surface area contributed by atoms with Crippen molar-refractivity contribution in [3.05, 3.63) is 60.1 Å². The molecule has 0 bridgehead atoms. The van der Waals surface area contributed by atoms with Gasteiger partial charge < -0.3 is 9.32 Å². The second kappa shape index (κ2) is 7.09. The highest BCUT2D eigenvalue weighted by atomic mass is 32.2. The molecular weight excluding hydrogens is 302 g/mol. The highest BCUT2D eigenvalue weighted by Crippen LogP contribution is 2.38. The Bertz CT molecular complexity index is 571. The van der Waals surface area contributed by atoms with Crippen LogP contribution >= 0.6 is 23.5 Å². The third kappa shape index (κ3) is 3.66. The first-order valence-electron chi connectivity index (χ1n) is 6.91. The summed E-state index contributed by atoms with van der Waals surface area (Å²) in [4.78, 5) is 14.1. The molecule has 1 aliphatic heterocycles. The molecule has 0 radical (unpaired) electrons. The number of carbonyl (C=O) groups is 1. The Kier molecular flexibility index (Phi) is 4.93. The molecule has 5 heteroatoms. The average molecular weight is 319 g/mol. The number of nitrogens with zero attached hydrogens (tertiary/aromatic N) is 1. The fourth-order valence-electron chi connectivity index (χ4n) is 2.32. The predicted molar refractivity (Wildman–Crippen MR) is 88.2 cm³/mol. The first-order valence-corrected chi connectivity index (χ1v) is 9.11. The van der Waals surface area contributed by atoms with Crippen LogP contribution in [0.2, 0.25) is 0 Å². The summed E-state index contributed by atoms with van der Waals surface area (Å²) in [6, 6.07) is 14.1. The zero-order valence-electron chi connectivity index (χ0n) is 11.6. The fourth-order valence-corrected chi connectivity index (χ4v) is 4.37. The second-order valence-corrected chi connectivity index (χ2v) is 6.97. The SMILES string of the molecule is O=C1CSC(c2ccccc2)N1CCSCc1ccco1. The van der Waals surface area contributed by atoms with E-state index >= 15 is 0 Å². The van der Waals surface area contributed by atoms with Gasteiger partial charge in [0.15, 0.2) is 0 Å². The third-order valence-electron chi connectivity index (χ3n) is 3.35. The van der Waals surface area contributed by atoms with Gasteiger partial charge in [-0.25, -0.2) is 0 Å². The van der Waals surface area contributed by atoms with Crippen molar-refractivity contribution >= 4 is 29.4 Å². The van der Waals surface area contributed by atoms with E-state index in [4.69, 9.17) is 4.42 Å². The van der Waals surface area contributed by atoms with Crippen molar-refractivity contribution in [1.82, 2.24) is 4.90 Å². The molecule has 0 spiro atoms. The molecule has 1 aromatic heterocycles. The predicted octanol–water partition coefficient (Wildman–Crippen LogP) is 3.79. The smallest absolute Gasteiger partial charge is 0.233 e. The van der Waals surface area contributed by atoms with Gasteiger partial charge in [-0.15, -0.1) is 11.8 Å². The highest BCUT2D eigenvalue weighted by molar-refractivity contribution is 8.00. The second-order valence-electron chi connectivity index (χ2n) is 4.79. The lowest BCUT2D eigenvalue weighted by Gasteiger charge is -2.24. The quantitative estimate of drug-likeness (QED) is 0.759. The van der Waals surface area contributed by atoms with Gasteiger partial charge in [-0.05, 0) is 17.7 Å². The Hall–Kier alpha value is -1.33. The van der Waals surface area contributed by atoms with E-state index < -0.39 is 0 Å². The molecule has 0 aliphatic carbocycles. The van der Waals surface area contributed by atoms with Crippen molar-refractivity contribution in [3.63, 3.8) is 0 Å². The van der Waals surface area contributed by atoms with E-state index in [2.05, 4.69) is 12.1 Å². The van der Waals surface area contributed by atoms with E-state index in [1.54, 1.807) is 29.8 Å². The maximum Gasteiger partial charge on any atom is 0.233 e. The number of furan rings is 1. The molecule has 3 nitrogen and oxygen atoms in total. The summed E-state index contributed by atoms with van der Waals surface area (Å²) in [5.74, 6) is 3.60. The number of benzene rings is 1. The summed E-state index contributed by atoms with van der Waals surface area (Å²) in [7, 11) is 0. The summed E-state index contributed by atoms with van der Waals surface area (Å²) in [6.07, 6.45) is 1.70. The number of thioether (sulfide) groups is 2. The van der Waals surface area contributed by atoms with E-state index in [-0.39, 0.29) is 11.3 Å². The van der Waals surface area contributed by atoms with Crippen LogP contribution in [0.3, 0.4) is 0 Å². The van der Waals surface area contributed by atoms with Crippen molar-refractivity contribution in [2.75, 3.05) is 18.1 Å². The molecule has 1 amide bonds. The van der Waals surface area contributed by atoms with E-state index in [0.29, 0.717) is 5.75 Å². The van der Waals surface area contributed by atoms with Gasteiger partial charge in [-0.2, -0.15) is 11.8 Å².